The first-order chi connectivity index (χ1) is 16.7. The molecule has 0 unspecified atom stereocenters. The van der Waals surface area contributed by atoms with Gasteiger partial charge in [0.2, 0.25) is 12.7 Å². The Bertz CT molecular complexity index is 1150. The third-order valence-corrected chi connectivity index (χ3v) is 5.91. The van der Waals surface area contributed by atoms with Gasteiger partial charge in [0, 0.05) is 44.2 Å². The van der Waals surface area contributed by atoms with E-state index in [0.29, 0.717) is 24.0 Å². The molecule has 0 bridgehead atoms. The van der Waals surface area contributed by atoms with Gasteiger partial charge in [-0.05, 0) is 23.8 Å². The maximum Gasteiger partial charge on any atom is 0.231 e. The summed E-state index contributed by atoms with van der Waals surface area (Å²) in [5.74, 6) is 4.03. The third-order valence-electron chi connectivity index (χ3n) is 5.91. The van der Waals surface area contributed by atoms with Crippen LogP contribution in [0.3, 0.4) is 0 Å². The Kier molecular flexibility index (Phi) is 6.68. The van der Waals surface area contributed by atoms with Crippen LogP contribution >= 0.6 is 0 Å². The highest BCUT2D eigenvalue weighted by atomic mass is 16.7. The van der Waals surface area contributed by atoms with Crippen molar-refractivity contribution in [2.45, 2.75) is 6.54 Å². The van der Waals surface area contributed by atoms with Crippen molar-refractivity contribution in [3.05, 3.63) is 35.9 Å². The molecule has 2 N–H and O–H groups in total. The number of nitrogens with zero attached hydrogens (tertiary/aromatic N) is 3. The van der Waals surface area contributed by atoms with Crippen molar-refractivity contribution in [2.24, 2.45) is 0 Å². The van der Waals surface area contributed by atoms with Gasteiger partial charge >= 0.3 is 0 Å². The standard InChI is InChI=1S/C24H29N5O5/c1-30-20-12-17-18(13-21(20)31-2)27-24(26-14-16-3-4-19-22(11-16)34-15-33-19)28-23(17)25-5-6-29-7-9-32-10-8-29/h3-4,11-13H,5-10,14-15H2,1-2H3,(H2,25,26,27,28). The molecule has 2 aliphatic heterocycles. The summed E-state index contributed by atoms with van der Waals surface area (Å²) in [5, 5.41) is 7.69. The number of nitrogens with one attached hydrogen (secondary N) is 2. The zero-order chi connectivity index (χ0) is 23.3. The van der Waals surface area contributed by atoms with E-state index in [9.17, 15) is 0 Å². The summed E-state index contributed by atoms with van der Waals surface area (Å²) in [5.41, 5.74) is 1.80. The molecular formula is C24H29N5O5. The zero-order valence-electron chi connectivity index (χ0n) is 19.4. The number of benzene rings is 2. The van der Waals surface area contributed by atoms with Gasteiger partial charge in [-0.1, -0.05) is 6.07 Å². The molecule has 1 fully saturated rings. The Labute approximate surface area is 198 Å². The van der Waals surface area contributed by atoms with Crippen molar-refractivity contribution in [2.75, 3.05) is 71.0 Å². The molecule has 3 heterocycles. The van der Waals surface area contributed by atoms with Crippen LogP contribution < -0.4 is 29.6 Å². The largest absolute Gasteiger partial charge is 0.493 e. The van der Waals surface area contributed by atoms with Crippen LogP contribution in [0.25, 0.3) is 10.9 Å². The molecule has 0 amide bonds. The molecule has 0 radical (unpaired) electrons. The first-order valence-corrected chi connectivity index (χ1v) is 11.3. The smallest absolute Gasteiger partial charge is 0.231 e. The van der Waals surface area contributed by atoms with Crippen LogP contribution in [0.15, 0.2) is 30.3 Å². The molecule has 0 aliphatic carbocycles. The van der Waals surface area contributed by atoms with Gasteiger partial charge in [0.25, 0.3) is 0 Å². The lowest BCUT2D eigenvalue weighted by Crippen LogP contribution is -2.39. The van der Waals surface area contributed by atoms with Crippen LogP contribution in [0.2, 0.25) is 0 Å². The van der Waals surface area contributed by atoms with Crippen LogP contribution in [-0.2, 0) is 11.3 Å². The predicted octanol–water partition coefficient (Wildman–Crippen LogP) is 2.73. The topological polar surface area (TPSA) is 99.2 Å². The van der Waals surface area contributed by atoms with E-state index in [4.69, 9.17) is 33.7 Å². The predicted molar refractivity (Wildman–Crippen MR) is 128 cm³/mol. The van der Waals surface area contributed by atoms with E-state index in [1.165, 1.54) is 0 Å². The van der Waals surface area contributed by atoms with Crippen LogP contribution in [0, 0.1) is 0 Å². The fourth-order valence-corrected chi connectivity index (χ4v) is 4.06. The Morgan fingerprint density at radius 1 is 0.941 bits per heavy atom. The molecule has 10 heteroatoms. The van der Waals surface area contributed by atoms with Crippen LogP contribution in [0.5, 0.6) is 23.0 Å². The summed E-state index contributed by atoms with van der Waals surface area (Å²) in [6, 6.07) is 9.65. The second kappa shape index (κ2) is 10.2. The van der Waals surface area contributed by atoms with Crippen molar-refractivity contribution in [1.29, 1.82) is 0 Å². The maximum absolute atomic E-state index is 5.50. The second-order valence-corrected chi connectivity index (χ2v) is 8.04. The molecule has 180 valence electrons. The Morgan fingerprint density at radius 2 is 1.74 bits per heavy atom. The van der Waals surface area contributed by atoms with Gasteiger partial charge in [-0.25, -0.2) is 4.98 Å². The average Bonchev–Trinajstić information content (AvgIpc) is 3.35. The SMILES string of the molecule is COc1cc2nc(NCc3ccc4c(c3)OCO4)nc(NCCN3CCOCC3)c2cc1OC. The number of rotatable bonds is 9. The molecule has 0 saturated carbocycles. The number of ether oxygens (including phenoxy) is 5. The van der Waals surface area contributed by atoms with Crippen molar-refractivity contribution in [3.63, 3.8) is 0 Å². The zero-order valence-corrected chi connectivity index (χ0v) is 19.4. The minimum absolute atomic E-state index is 0.255. The molecule has 1 aromatic heterocycles. The number of hydrogen-bond acceptors (Lipinski definition) is 10. The van der Waals surface area contributed by atoms with Crippen molar-refractivity contribution >= 4 is 22.7 Å². The minimum atomic E-state index is 0.255. The van der Waals surface area contributed by atoms with Crippen molar-refractivity contribution in [3.8, 4) is 23.0 Å². The summed E-state index contributed by atoms with van der Waals surface area (Å²) in [7, 11) is 3.24. The van der Waals surface area contributed by atoms with Crippen molar-refractivity contribution < 1.29 is 23.7 Å². The molecule has 5 rings (SSSR count). The number of morpholine rings is 1. The summed E-state index contributed by atoms with van der Waals surface area (Å²) in [4.78, 5) is 11.9. The van der Waals surface area contributed by atoms with Gasteiger partial charge in [-0.3, -0.25) is 4.90 Å². The van der Waals surface area contributed by atoms with Crippen molar-refractivity contribution in [1.82, 2.24) is 14.9 Å². The number of methoxy groups -OCH3 is 2. The van der Waals surface area contributed by atoms with Gasteiger partial charge in [0.05, 0.1) is 33.0 Å². The fourth-order valence-electron chi connectivity index (χ4n) is 4.06. The lowest BCUT2D eigenvalue weighted by atomic mass is 10.2. The van der Waals surface area contributed by atoms with E-state index in [-0.39, 0.29) is 6.79 Å². The summed E-state index contributed by atoms with van der Waals surface area (Å²) < 4.78 is 27.3. The molecular weight excluding hydrogens is 438 g/mol. The fraction of sp³-hybridized carbons (Fsp3) is 0.417. The number of anilines is 2. The quantitative estimate of drug-likeness (QED) is 0.489. The summed E-state index contributed by atoms with van der Waals surface area (Å²) >= 11 is 0. The van der Waals surface area contributed by atoms with Gasteiger partial charge in [-0.15, -0.1) is 0 Å². The van der Waals surface area contributed by atoms with Gasteiger partial charge < -0.3 is 34.3 Å². The monoisotopic (exact) mass is 467 g/mol. The number of hydrogen-bond donors (Lipinski definition) is 2. The Morgan fingerprint density at radius 3 is 2.56 bits per heavy atom. The highest BCUT2D eigenvalue weighted by molar-refractivity contribution is 5.92. The molecule has 34 heavy (non-hydrogen) atoms. The van der Waals surface area contributed by atoms with Gasteiger partial charge in [0.15, 0.2) is 23.0 Å². The van der Waals surface area contributed by atoms with E-state index in [1.807, 2.05) is 30.3 Å². The normalized spacial score (nSPS) is 15.4. The highest BCUT2D eigenvalue weighted by Crippen LogP contribution is 2.35. The van der Waals surface area contributed by atoms with E-state index in [0.717, 1.165) is 73.2 Å². The van der Waals surface area contributed by atoms with Gasteiger partial charge in [0.1, 0.15) is 5.82 Å². The first-order valence-electron chi connectivity index (χ1n) is 11.3. The average molecular weight is 468 g/mol. The summed E-state index contributed by atoms with van der Waals surface area (Å²) in [6.07, 6.45) is 0. The minimum Gasteiger partial charge on any atom is -0.493 e. The lowest BCUT2D eigenvalue weighted by Gasteiger charge is -2.26. The van der Waals surface area contributed by atoms with Gasteiger partial charge in [-0.2, -0.15) is 4.98 Å². The van der Waals surface area contributed by atoms with Crippen LogP contribution in [0.1, 0.15) is 5.56 Å². The summed E-state index contributed by atoms with van der Waals surface area (Å²) in [6.45, 7) is 5.90. The molecule has 3 aromatic rings. The first kappa shape index (κ1) is 22.3. The Hall–Kier alpha value is -3.50. The van der Waals surface area contributed by atoms with Crippen LogP contribution in [-0.4, -0.2) is 75.3 Å². The molecule has 0 atom stereocenters. The second-order valence-electron chi connectivity index (χ2n) is 8.04. The third kappa shape index (κ3) is 4.87. The Balaban J connectivity index is 1.37. The molecule has 10 nitrogen and oxygen atoms in total. The number of aromatic nitrogens is 2. The molecule has 2 aliphatic rings. The molecule has 0 spiro atoms. The number of fused-ring (bicyclic) bond motifs is 2. The van der Waals surface area contributed by atoms with E-state index in [1.54, 1.807) is 14.2 Å². The van der Waals surface area contributed by atoms with E-state index < -0.39 is 0 Å². The molecule has 2 aromatic carbocycles. The van der Waals surface area contributed by atoms with Crippen LogP contribution in [0.4, 0.5) is 11.8 Å². The molecule has 1 saturated heterocycles. The maximum atomic E-state index is 5.50. The highest BCUT2D eigenvalue weighted by Gasteiger charge is 2.16. The van der Waals surface area contributed by atoms with E-state index >= 15 is 0 Å². The lowest BCUT2D eigenvalue weighted by molar-refractivity contribution is 0.0398. The van der Waals surface area contributed by atoms with E-state index in [2.05, 4.69) is 15.5 Å².